The van der Waals surface area contributed by atoms with Gasteiger partial charge in [-0.2, -0.15) is 0 Å². The van der Waals surface area contributed by atoms with Crippen molar-refractivity contribution in [2.45, 2.75) is 11.6 Å². The van der Waals surface area contributed by atoms with Gasteiger partial charge in [0.15, 0.2) is 5.16 Å². The van der Waals surface area contributed by atoms with Crippen molar-refractivity contribution in [2.24, 2.45) is 7.05 Å². The summed E-state index contributed by atoms with van der Waals surface area (Å²) in [5.41, 5.74) is 2.37. The fraction of sp³-hybridized carbons (Fsp3) is 0.174. The number of anilines is 1. The number of carbonyl (C=O) groups is 1. The lowest BCUT2D eigenvalue weighted by atomic mass is 10.2. The second kappa shape index (κ2) is 9.69. The molecule has 164 valence electrons. The molecule has 0 spiro atoms. The topological polar surface area (TPSA) is 74.0 Å². The molecule has 0 unspecified atom stereocenters. The van der Waals surface area contributed by atoms with Crippen molar-refractivity contribution in [3.63, 3.8) is 0 Å². The Hall–Kier alpha value is -3.59. The minimum absolute atomic E-state index is 0.106. The van der Waals surface area contributed by atoms with E-state index in [1.807, 2.05) is 58.8 Å². The lowest BCUT2D eigenvalue weighted by molar-refractivity contribution is -0.113. The Bertz CT molecular complexity index is 1220. The van der Waals surface area contributed by atoms with E-state index in [0.717, 1.165) is 23.0 Å². The third-order valence-electron chi connectivity index (χ3n) is 4.86. The molecule has 0 aliphatic carbocycles. The van der Waals surface area contributed by atoms with Crippen molar-refractivity contribution in [1.29, 1.82) is 0 Å². The minimum atomic E-state index is -0.403. The SMILES string of the molecule is COc1ccc(-n2c(Cc3cccn3C)nnc2SCC(=O)Nc2cccc(F)c2)cc1. The quantitative estimate of drug-likeness (QED) is 0.409. The molecule has 0 atom stereocenters. The van der Waals surface area contributed by atoms with E-state index >= 15 is 0 Å². The van der Waals surface area contributed by atoms with Crippen molar-refractivity contribution in [2.75, 3.05) is 18.2 Å². The molecule has 1 N–H and O–H groups in total. The van der Waals surface area contributed by atoms with Gasteiger partial charge in [-0.05, 0) is 54.6 Å². The van der Waals surface area contributed by atoms with Crippen LogP contribution < -0.4 is 10.1 Å². The predicted molar refractivity (Wildman–Crippen MR) is 122 cm³/mol. The van der Waals surface area contributed by atoms with Gasteiger partial charge in [0.05, 0.1) is 12.9 Å². The van der Waals surface area contributed by atoms with Gasteiger partial charge in [-0.3, -0.25) is 9.36 Å². The molecule has 4 aromatic rings. The maximum Gasteiger partial charge on any atom is 0.234 e. The molecule has 0 bridgehead atoms. The van der Waals surface area contributed by atoms with E-state index in [9.17, 15) is 9.18 Å². The predicted octanol–water partition coefficient (Wildman–Crippen LogP) is 4.08. The molecule has 1 amide bonds. The molecule has 0 saturated carbocycles. The summed E-state index contributed by atoms with van der Waals surface area (Å²) in [7, 11) is 3.60. The van der Waals surface area contributed by atoms with Crippen molar-refractivity contribution in [1.82, 2.24) is 19.3 Å². The number of halogens is 1. The third kappa shape index (κ3) is 5.00. The van der Waals surface area contributed by atoms with Gasteiger partial charge in [-0.25, -0.2) is 4.39 Å². The molecular formula is C23H22FN5O2S. The molecule has 4 rings (SSSR count). The van der Waals surface area contributed by atoms with Gasteiger partial charge in [0, 0.05) is 36.7 Å². The second-order valence-electron chi connectivity index (χ2n) is 7.07. The Labute approximate surface area is 189 Å². The van der Waals surface area contributed by atoms with Crippen LogP contribution in [0, 0.1) is 5.82 Å². The van der Waals surface area contributed by atoms with Crippen LogP contribution in [0.3, 0.4) is 0 Å². The highest BCUT2D eigenvalue weighted by atomic mass is 32.2. The Balaban J connectivity index is 1.56. The number of nitrogens with one attached hydrogen (secondary N) is 1. The van der Waals surface area contributed by atoms with Crippen LogP contribution in [0.1, 0.15) is 11.5 Å². The number of hydrogen-bond acceptors (Lipinski definition) is 5. The average Bonchev–Trinajstić information content (AvgIpc) is 3.38. The molecule has 0 saturated heterocycles. The number of methoxy groups -OCH3 is 1. The van der Waals surface area contributed by atoms with Gasteiger partial charge >= 0.3 is 0 Å². The van der Waals surface area contributed by atoms with Crippen LogP contribution >= 0.6 is 11.8 Å². The molecule has 2 aromatic carbocycles. The monoisotopic (exact) mass is 451 g/mol. The van der Waals surface area contributed by atoms with E-state index < -0.39 is 5.82 Å². The molecule has 0 aliphatic heterocycles. The molecule has 7 nitrogen and oxygen atoms in total. The summed E-state index contributed by atoms with van der Waals surface area (Å²) in [6, 6.07) is 17.4. The normalized spacial score (nSPS) is 10.8. The Morgan fingerprint density at radius 3 is 2.62 bits per heavy atom. The number of amides is 1. The van der Waals surface area contributed by atoms with Gasteiger partial charge in [-0.15, -0.1) is 10.2 Å². The van der Waals surface area contributed by atoms with Crippen LogP contribution in [-0.2, 0) is 18.3 Å². The molecular weight excluding hydrogens is 429 g/mol. The molecule has 0 radical (unpaired) electrons. The van der Waals surface area contributed by atoms with Crippen LogP contribution in [-0.4, -0.2) is 38.1 Å². The summed E-state index contributed by atoms with van der Waals surface area (Å²) in [5, 5.41) is 12.0. The first-order chi connectivity index (χ1) is 15.5. The second-order valence-corrected chi connectivity index (χ2v) is 8.01. The number of benzene rings is 2. The minimum Gasteiger partial charge on any atom is -0.497 e. The van der Waals surface area contributed by atoms with Crippen molar-refractivity contribution in [3.8, 4) is 11.4 Å². The van der Waals surface area contributed by atoms with Crippen LogP contribution in [0.25, 0.3) is 5.69 Å². The van der Waals surface area contributed by atoms with E-state index in [2.05, 4.69) is 15.5 Å². The number of nitrogens with zero attached hydrogens (tertiary/aromatic N) is 4. The summed E-state index contributed by atoms with van der Waals surface area (Å²) in [6.45, 7) is 0. The average molecular weight is 452 g/mol. The summed E-state index contributed by atoms with van der Waals surface area (Å²) in [5.74, 6) is 0.947. The maximum absolute atomic E-state index is 13.4. The van der Waals surface area contributed by atoms with E-state index in [1.165, 1.54) is 23.9 Å². The van der Waals surface area contributed by atoms with E-state index in [1.54, 1.807) is 19.2 Å². The van der Waals surface area contributed by atoms with Gasteiger partial charge in [0.2, 0.25) is 5.91 Å². The van der Waals surface area contributed by atoms with Gasteiger partial charge < -0.3 is 14.6 Å². The lowest BCUT2D eigenvalue weighted by Gasteiger charge is -2.11. The number of aryl methyl sites for hydroxylation is 1. The Kier molecular flexibility index (Phi) is 6.55. The zero-order valence-corrected chi connectivity index (χ0v) is 18.5. The fourth-order valence-electron chi connectivity index (χ4n) is 3.23. The Morgan fingerprint density at radius 2 is 1.94 bits per heavy atom. The van der Waals surface area contributed by atoms with Gasteiger partial charge in [0.25, 0.3) is 0 Å². The molecule has 2 aromatic heterocycles. The maximum atomic E-state index is 13.4. The molecule has 0 fully saturated rings. The van der Waals surface area contributed by atoms with E-state index in [4.69, 9.17) is 4.74 Å². The molecule has 9 heteroatoms. The first-order valence-corrected chi connectivity index (χ1v) is 10.9. The highest BCUT2D eigenvalue weighted by Crippen LogP contribution is 2.25. The smallest absolute Gasteiger partial charge is 0.234 e. The van der Waals surface area contributed by atoms with Crippen molar-refractivity contribution in [3.05, 3.63) is 84.2 Å². The largest absolute Gasteiger partial charge is 0.497 e. The van der Waals surface area contributed by atoms with Crippen LogP contribution in [0.4, 0.5) is 10.1 Å². The lowest BCUT2D eigenvalue weighted by Crippen LogP contribution is -2.15. The number of ether oxygens (including phenoxy) is 1. The van der Waals surface area contributed by atoms with Crippen LogP contribution in [0.15, 0.2) is 72.0 Å². The number of aromatic nitrogens is 4. The van der Waals surface area contributed by atoms with Crippen molar-refractivity contribution >= 4 is 23.4 Å². The summed E-state index contributed by atoms with van der Waals surface area (Å²) < 4.78 is 22.6. The number of rotatable bonds is 8. The highest BCUT2D eigenvalue weighted by Gasteiger charge is 2.17. The van der Waals surface area contributed by atoms with Crippen LogP contribution in [0.5, 0.6) is 5.75 Å². The molecule has 2 heterocycles. The summed E-state index contributed by atoms with van der Waals surface area (Å²) in [4.78, 5) is 12.4. The first kappa shape index (κ1) is 21.6. The fourth-order valence-corrected chi connectivity index (χ4v) is 4.01. The number of carbonyl (C=O) groups excluding carboxylic acids is 1. The molecule has 0 aliphatic rings. The van der Waals surface area contributed by atoms with E-state index in [0.29, 0.717) is 17.3 Å². The van der Waals surface area contributed by atoms with Crippen LogP contribution in [0.2, 0.25) is 0 Å². The summed E-state index contributed by atoms with van der Waals surface area (Å²) in [6.07, 6.45) is 2.56. The number of hydrogen-bond donors (Lipinski definition) is 1. The molecule has 32 heavy (non-hydrogen) atoms. The zero-order chi connectivity index (χ0) is 22.5. The van der Waals surface area contributed by atoms with Gasteiger partial charge in [-0.1, -0.05) is 17.8 Å². The summed E-state index contributed by atoms with van der Waals surface area (Å²) >= 11 is 1.27. The first-order valence-electron chi connectivity index (χ1n) is 9.90. The highest BCUT2D eigenvalue weighted by molar-refractivity contribution is 7.99. The zero-order valence-electron chi connectivity index (χ0n) is 17.7. The van der Waals surface area contributed by atoms with Crippen molar-refractivity contribution < 1.29 is 13.9 Å². The van der Waals surface area contributed by atoms with Gasteiger partial charge in [0.1, 0.15) is 17.4 Å². The third-order valence-corrected chi connectivity index (χ3v) is 5.79. The van der Waals surface area contributed by atoms with E-state index in [-0.39, 0.29) is 11.7 Å². The Morgan fingerprint density at radius 1 is 1.12 bits per heavy atom. The standard InChI is InChI=1S/C23H22FN5O2S/c1-28-12-4-7-19(28)14-21-26-27-23(29(21)18-8-10-20(31-2)11-9-18)32-15-22(30)25-17-6-3-5-16(24)13-17/h3-13H,14-15H2,1-2H3,(H,25,30). The number of thioether (sulfide) groups is 1.